The van der Waals surface area contributed by atoms with Crippen LogP contribution in [0.4, 0.5) is 24.5 Å². The Labute approximate surface area is 179 Å². The first-order valence-electron chi connectivity index (χ1n) is 8.77. The predicted molar refractivity (Wildman–Crippen MR) is 106 cm³/mol. The van der Waals surface area contributed by atoms with Gasteiger partial charge in [0.05, 0.1) is 33.4 Å². The minimum Gasteiger partial charge on any atom is -0.370 e. The zero-order valence-electron chi connectivity index (χ0n) is 16.0. The maximum absolute atomic E-state index is 12.5. The Bertz CT molecular complexity index is 985. The molecule has 12 heteroatoms. The summed E-state index contributed by atoms with van der Waals surface area (Å²) in [6.45, 7) is -0.333. The number of hydrogen-bond acceptors (Lipinski definition) is 5. The first-order chi connectivity index (χ1) is 14.5. The molecular formula is C19H17ClF3N3O5. The van der Waals surface area contributed by atoms with Gasteiger partial charge >= 0.3 is 6.18 Å². The van der Waals surface area contributed by atoms with Crippen molar-refractivity contribution in [1.82, 2.24) is 5.32 Å². The number of carbonyl (C=O) groups is 2. The second kappa shape index (κ2) is 10.2. The van der Waals surface area contributed by atoms with E-state index in [-0.39, 0.29) is 34.1 Å². The molecule has 2 amide bonds. The van der Waals surface area contributed by atoms with Crippen LogP contribution in [0, 0.1) is 10.1 Å². The van der Waals surface area contributed by atoms with Gasteiger partial charge in [-0.3, -0.25) is 19.7 Å². The zero-order chi connectivity index (χ0) is 23.2. The molecule has 0 aromatic heterocycles. The van der Waals surface area contributed by atoms with Crippen molar-refractivity contribution in [3.05, 3.63) is 68.7 Å². The topological polar surface area (TPSA) is 111 Å². The third kappa shape index (κ3) is 7.23. The predicted octanol–water partition coefficient (Wildman–Crippen LogP) is 4.20. The number of amides is 2. The van der Waals surface area contributed by atoms with E-state index in [9.17, 15) is 32.9 Å². The lowest BCUT2D eigenvalue weighted by atomic mass is 10.1. The molecule has 1 atom stereocenters. The number of nitro benzene ring substituents is 1. The molecule has 31 heavy (non-hydrogen) atoms. The number of hydrogen-bond donors (Lipinski definition) is 2. The summed E-state index contributed by atoms with van der Waals surface area (Å²) in [5.41, 5.74) is -0.168. The maximum atomic E-state index is 12.5. The Kier molecular flexibility index (Phi) is 7.95. The Morgan fingerprint density at radius 2 is 1.84 bits per heavy atom. The van der Waals surface area contributed by atoms with E-state index in [0.717, 1.165) is 12.1 Å². The number of para-hydroxylation sites is 1. The molecule has 0 radical (unpaired) electrons. The van der Waals surface area contributed by atoms with E-state index in [4.69, 9.17) is 11.6 Å². The number of carbonyl (C=O) groups excluding carboxylic acids is 2. The van der Waals surface area contributed by atoms with Crippen molar-refractivity contribution in [3.8, 4) is 0 Å². The largest absolute Gasteiger partial charge is 0.411 e. The fourth-order valence-electron chi connectivity index (χ4n) is 2.48. The highest BCUT2D eigenvalue weighted by molar-refractivity contribution is 6.34. The summed E-state index contributed by atoms with van der Waals surface area (Å²) >= 11 is 5.95. The average Bonchev–Trinajstić information content (AvgIpc) is 2.66. The van der Waals surface area contributed by atoms with Gasteiger partial charge in [0.25, 0.3) is 17.5 Å². The Morgan fingerprint density at radius 3 is 2.45 bits per heavy atom. The average molecular weight is 460 g/mol. The van der Waals surface area contributed by atoms with Crippen molar-refractivity contribution in [2.75, 3.05) is 18.5 Å². The van der Waals surface area contributed by atoms with Crippen molar-refractivity contribution >= 4 is 34.8 Å². The molecule has 2 N–H and O–H groups in total. The molecule has 0 aliphatic rings. The highest BCUT2D eigenvalue weighted by Crippen LogP contribution is 2.24. The van der Waals surface area contributed by atoms with E-state index in [0.29, 0.717) is 0 Å². The molecule has 1 unspecified atom stereocenters. The lowest BCUT2D eigenvalue weighted by Crippen LogP contribution is -2.37. The molecule has 166 valence electrons. The van der Waals surface area contributed by atoms with Crippen LogP contribution >= 0.6 is 11.6 Å². The molecule has 0 spiro atoms. The number of nitro groups is 1. The van der Waals surface area contributed by atoms with E-state index in [1.54, 1.807) is 6.07 Å². The Hall–Kier alpha value is -3.18. The van der Waals surface area contributed by atoms with Crippen molar-refractivity contribution < 1.29 is 32.4 Å². The van der Waals surface area contributed by atoms with Gasteiger partial charge in [-0.1, -0.05) is 23.7 Å². The molecule has 0 saturated carbocycles. The lowest BCUT2D eigenvalue weighted by molar-refractivity contribution is -0.384. The fraction of sp³-hybridized carbons (Fsp3) is 0.263. The number of anilines is 1. The van der Waals surface area contributed by atoms with Gasteiger partial charge in [0, 0.05) is 18.2 Å². The van der Waals surface area contributed by atoms with Crippen LogP contribution in [-0.2, 0) is 4.74 Å². The number of alkyl halides is 3. The number of nitrogens with one attached hydrogen (secondary N) is 2. The first-order valence-corrected chi connectivity index (χ1v) is 9.15. The highest BCUT2D eigenvalue weighted by Gasteiger charge is 2.28. The van der Waals surface area contributed by atoms with Gasteiger partial charge in [-0.05, 0) is 25.1 Å². The highest BCUT2D eigenvalue weighted by atomic mass is 35.5. The summed E-state index contributed by atoms with van der Waals surface area (Å²) in [5.74, 6) is -1.35. The number of nitrogens with zero attached hydrogens (tertiary/aromatic N) is 1. The molecule has 2 rings (SSSR count). The normalized spacial score (nSPS) is 12.2. The second-order valence-corrected chi connectivity index (χ2v) is 6.83. The summed E-state index contributed by atoms with van der Waals surface area (Å²) in [4.78, 5) is 35.1. The van der Waals surface area contributed by atoms with Gasteiger partial charge in [0.1, 0.15) is 6.61 Å². The van der Waals surface area contributed by atoms with Crippen molar-refractivity contribution in [3.63, 3.8) is 0 Å². The molecule has 0 bridgehead atoms. The van der Waals surface area contributed by atoms with Crippen LogP contribution in [0.25, 0.3) is 0 Å². The number of halogens is 4. The van der Waals surface area contributed by atoms with Crippen LogP contribution in [0.15, 0.2) is 42.5 Å². The molecule has 8 nitrogen and oxygen atoms in total. The second-order valence-electron chi connectivity index (χ2n) is 6.43. The number of rotatable bonds is 8. The molecular weight excluding hydrogens is 443 g/mol. The third-order valence-electron chi connectivity index (χ3n) is 3.84. The van der Waals surface area contributed by atoms with Gasteiger partial charge in [0.2, 0.25) is 0 Å². The van der Waals surface area contributed by atoms with Gasteiger partial charge in [-0.25, -0.2) is 0 Å². The molecule has 0 aliphatic carbocycles. The van der Waals surface area contributed by atoms with Crippen LogP contribution in [0.1, 0.15) is 27.6 Å². The Balaban J connectivity index is 2.08. The zero-order valence-corrected chi connectivity index (χ0v) is 16.8. The van der Waals surface area contributed by atoms with Crippen LogP contribution in [0.5, 0.6) is 0 Å². The van der Waals surface area contributed by atoms with E-state index in [1.807, 2.05) is 0 Å². The smallest absolute Gasteiger partial charge is 0.370 e. The molecule has 0 fully saturated rings. The third-order valence-corrected chi connectivity index (χ3v) is 4.15. The van der Waals surface area contributed by atoms with Gasteiger partial charge in [-0.2, -0.15) is 13.2 Å². The number of ether oxygens (including phenoxy) is 1. The quantitative estimate of drug-likeness (QED) is 0.454. The number of non-ortho nitro benzene ring substituents is 1. The van der Waals surface area contributed by atoms with E-state index in [2.05, 4.69) is 15.4 Å². The van der Waals surface area contributed by atoms with Crippen molar-refractivity contribution in [2.45, 2.75) is 19.1 Å². The van der Waals surface area contributed by atoms with Crippen LogP contribution in [0.3, 0.4) is 0 Å². The minimum absolute atomic E-state index is 0.0450. The summed E-state index contributed by atoms with van der Waals surface area (Å²) in [5, 5.41) is 15.6. The molecule has 0 saturated heterocycles. The van der Waals surface area contributed by atoms with E-state index < -0.39 is 35.6 Å². The van der Waals surface area contributed by atoms with Gasteiger partial charge < -0.3 is 15.4 Å². The van der Waals surface area contributed by atoms with Crippen molar-refractivity contribution in [1.29, 1.82) is 0 Å². The Morgan fingerprint density at radius 1 is 1.16 bits per heavy atom. The molecule has 0 aliphatic heterocycles. The molecule has 2 aromatic rings. The van der Waals surface area contributed by atoms with Gasteiger partial charge in [0.15, 0.2) is 0 Å². The number of benzene rings is 2. The maximum Gasteiger partial charge on any atom is 0.411 e. The first kappa shape index (κ1) is 24.1. The van der Waals surface area contributed by atoms with Crippen LogP contribution in [0.2, 0.25) is 5.02 Å². The fourth-order valence-corrected chi connectivity index (χ4v) is 2.74. The SMILES string of the molecule is CC(COCC(F)(F)F)NC(=O)c1ccccc1NC(=O)c1ccc([N+](=O)[O-])cc1Cl. The summed E-state index contributed by atoms with van der Waals surface area (Å²) in [6, 6.07) is 8.53. The molecule has 0 heterocycles. The standard InChI is InChI=1S/C19H17ClF3N3O5/c1-11(9-31-10-19(21,22)23)24-18(28)14-4-2-3-5-16(14)25-17(27)13-7-6-12(26(29)30)8-15(13)20/h2-8,11H,9-10H2,1H3,(H,24,28)(H,25,27). The van der Waals surface area contributed by atoms with Crippen LogP contribution < -0.4 is 10.6 Å². The monoisotopic (exact) mass is 459 g/mol. The van der Waals surface area contributed by atoms with E-state index >= 15 is 0 Å². The van der Waals surface area contributed by atoms with Gasteiger partial charge in [-0.15, -0.1) is 0 Å². The molecule has 2 aromatic carbocycles. The summed E-state index contributed by atoms with van der Waals surface area (Å²) < 4.78 is 40.9. The van der Waals surface area contributed by atoms with Crippen molar-refractivity contribution in [2.24, 2.45) is 0 Å². The minimum atomic E-state index is -4.47. The summed E-state index contributed by atoms with van der Waals surface area (Å²) in [6.07, 6.45) is -4.47. The van der Waals surface area contributed by atoms with E-state index in [1.165, 1.54) is 31.2 Å². The summed E-state index contributed by atoms with van der Waals surface area (Å²) in [7, 11) is 0. The van der Waals surface area contributed by atoms with Crippen LogP contribution in [-0.4, -0.2) is 42.2 Å². The lowest BCUT2D eigenvalue weighted by Gasteiger charge is -2.17.